The molecule has 0 saturated carbocycles. The Balaban J connectivity index is 2.45. The fraction of sp³-hybridized carbons (Fsp3) is 0.796. The van der Waals surface area contributed by atoms with Gasteiger partial charge in [0.2, 0.25) is 0 Å². The number of aliphatic hydroxyl groups is 3. The van der Waals surface area contributed by atoms with Crippen molar-refractivity contribution in [1.82, 2.24) is 0 Å². The molecule has 2 unspecified atom stereocenters. The van der Waals surface area contributed by atoms with Crippen LogP contribution in [0.5, 0.6) is 0 Å². The maximum atomic E-state index is 12.8. The SMILES string of the molecule is CCCCC/C=C/C/C=C/CCCCCCCCCC(=O)OC[C@H](CO[C@H]1O[C@H](CS(=O)(=O)O)[C@@H](O)C(O)C1O)OC(=O)CCC/C=C/C/C=C/CCCCCCCCCCC. The summed E-state index contributed by atoms with van der Waals surface area (Å²) in [6.07, 6.45) is 37.3. The highest BCUT2D eigenvalue weighted by atomic mass is 32.2. The van der Waals surface area contributed by atoms with Gasteiger partial charge in [-0.1, -0.05) is 159 Å². The molecule has 6 atom stereocenters. The Kier molecular flexibility index (Phi) is 36.3. The van der Waals surface area contributed by atoms with E-state index in [4.69, 9.17) is 18.9 Å². The molecular formula is C49H86O12S. The molecule has 1 fully saturated rings. The normalized spacial score (nSPS) is 20.3. The molecule has 0 radical (unpaired) electrons. The number of hydrogen-bond donors (Lipinski definition) is 4. The van der Waals surface area contributed by atoms with Crippen molar-refractivity contribution >= 4 is 22.1 Å². The van der Waals surface area contributed by atoms with Crippen LogP contribution < -0.4 is 0 Å². The van der Waals surface area contributed by atoms with E-state index in [-0.39, 0.29) is 19.4 Å². The van der Waals surface area contributed by atoms with Crippen LogP contribution in [0.3, 0.4) is 0 Å². The minimum absolute atomic E-state index is 0.0979. The van der Waals surface area contributed by atoms with E-state index in [9.17, 15) is 37.9 Å². The second-order valence-electron chi connectivity index (χ2n) is 16.8. The van der Waals surface area contributed by atoms with Crippen LogP contribution in [0.4, 0.5) is 0 Å². The van der Waals surface area contributed by atoms with Gasteiger partial charge in [-0.25, -0.2) is 0 Å². The van der Waals surface area contributed by atoms with Crippen molar-refractivity contribution in [2.24, 2.45) is 0 Å². The molecule has 62 heavy (non-hydrogen) atoms. The Morgan fingerprint density at radius 1 is 0.548 bits per heavy atom. The Hall–Kier alpha value is -2.39. The summed E-state index contributed by atoms with van der Waals surface area (Å²) in [6, 6.07) is 0. The second kappa shape index (κ2) is 39.0. The molecule has 1 rings (SSSR count). The lowest BCUT2D eigenvalue weighted by Gasteiger charge is -2.40. The summed E-state index contributed by atoms with van der Waals surface area (Å²) in [6.45, 7) is 3.70. The maximum absolute atomic E-state index is 12.8. The summed E-state index contributed by atoms with van der Waals surface area (Å²) in [5.41, 5.74) is 0. The van der Waals surface area contributed by atoms with Gasteiger partial charge in [0, 0.05) is 12.8 Å². The van der Waals surface area contributed by atoms with E-state index in [0.717, 1.165) is 51.4 Å². The van der Waals surface area contributed by atoms with Crippen molar-refractivity contribution in [3.63, 3.8) is 0 Å². The predicted octanol–water partition coefficient (Wildman–Crippen LogP) is 10.3. The fourth-order valence-electron chi connectivity index (χ4n) is 7.10. The van der Waals surface area contributed by atoms with Crippen LogP contribution in [-0.2, 0) is 38.7 Å². The first-order chi connectivity index (χ1) is 30.0. The Morgan fingerprint density at radius 2 is 0.984 bits per heavy atom. The quantitative estimate of drug-likeness (QED) is 0.0198. The van der Waals surface area contributed by atoms with Crippen molar-refractivity contribution in [1.29, 1.82) is 0 Å². The van der Waals surface area contributed by atoms with Gasteiger partial charge in [-0.2, -0.15) is 8.42 Å². The number of aliphatic hydroxyl groups excluding tert-OH is 3. The van der Waals surface area contributed by atoms with Gasteiger partial charge in [0.25, 0.3) is 10.1 Å². The van der Waals surface area contributed by atoms with E-state index in [1.54, 1.807) is 0 Å². The standard InChI is InChI=1S/C49H86O12S/c1-3-5-7-9-11-13-15-17-19-21-23-25-27-29-31-33-35-37-44(50)58-39-42(40-59-49-48(54)47(53)46(52)43(61-49)41-62(55,56)57)60-45(51)38-36-34-32-30-28-26-24-22-20-18-16-14-12-10-8-6-4-2/h11,13,17,19,24,26,30,32,42-43,46-49,52-54H,3-10,12,14-16,18,20-23,25,27-29,31,33-41H2,1-2H3,(H,55,56,57)/b13-11+,19-17+,26-24+,32-30+/t42-,43-,46-,47?,48?,49+/m1/s1. The van der Waals surface area contributed by atoms with Gasteiger partial charge in [0.1, 0.15) is 36.8 Å². The third kappa shape index (κ3) is 33.2. The Bertz CT molecular complexity index is 1330. The smallest absolute Gasteiger partial charge is 0.306 e. The van der Waals surface area contributed by atoms with Crippen LogP contribution in [0, 0.1) is 0 Å². The lowest BCUT2D eigenvalue weighted by molar-refractivity contribution is -0.297. The summed E-state index contributed by atoms with van der Waals surface area (Å²) < 4.78 is 54.1. The molecule has 0 amide bonds. The fourth-order valence-corrected chi connectivity index (χ4v) is 7.79. The van der Waals surface area contributed by atoms with Gasteiger partial charge < -0.3 is 34.3 Å². The second-order valence-corrected chi connectivity index (χ2v) is 18.3. The number of unbranched alkanes of at least 4 members (excludes halogenated alkanes) is 20. The summed E-state index contributed by atoms with van der Waals surface area (Å²) in [5, 5.41) is 30.9. The van der Waals surface area contributed by atoms with E-state index in [0.29, 0.717) is 19.3 Å². The summed E-state index contributed by atoms with van der Waals surface area (Å²) >= 11 is 0. The van der Waals surface area contributed by atoms with E-state index < -0.39 is 71.2 Å². The molecule has 0 aliphatic carbocycles. The number of carbonyl (C=O) groups excluding carboxylic acids is 2. The van der Waals surface area contributed by atoms with Crippen LogP contribution in [0.15, 0.2) is 48.6 Å². The summed E-state index contributed by atoms with van der Waals surface area (Å²) in [7, 11) is -4.61. The van der Waals surface area contributed by atoms with Crippen LogP contribution >= 0.6 is 0 Å². The van der Waals surface area contributed by atoms with Crippen LogP contribution in [-0.4, -0.2) is 96.0 Å². The molecule has 0 spiro atoms. The topological polar surface area (TPSA) is 186 Å². The number of allylic oxidation sites excluding steroid dienone is 8. The van der Waals surface area contributed by atoms with Gasteiger partial charge in [-0.15, -0.1) is 0 Å². The Labute approximate surface area is 375 Å². The Morgan fingerprint density at radius 3 is 1.50 bits per heavy atom. The van der Waals surface area contributed by atoms with Crippen molar-refractivity contribution in [2.45, 2.75) is 230 Å². The van der Waals surface area contributed by atoms with Crippen LogP contribution in [0.1, 0.15) is 194 Å². The number of carbonyl (C=O) groups is 2. The zero-order chi connectivity index (χ0) is 45.5. The zero-order valence-electron chi connectivity index (χ0n) is 38.5. The lowest BCUT2D eigenvalue weighted by Crippen LogP contribution is -2.60. The molecule has 1 aliphatic heterocycles. The molecule has 12 nitrogen and oxygen atoms in total. The highest BCUT2D eigenvalue weighted by Crippen LogP contribution is 2.24. The van der Waals surface area contributed by atoms with Crippen molar-refractivity contribution in [2.75, 3.05) is 19.0 Å². The van der Waals surface area contributed by atoms with E-state index >= 15 is 0 Å². The minimum Gasteiger partial charge on any atom is -0.462 e. The van der Waals surface area contributed by atoms with E-state index in [2.05, 4.69) is 56.4 Å². The first kappa shape index (κ1) is 57.6. The molecule has 0 aromatic rings. The van der Waals surface area contributed by atoms with Crippen LogP contribution in [0.2, 0.25) is 0 Å². The molecule has 1 aliphatic rings. The van der Waals surface area contributed by atoms with Gasteiger partial charge >= 0.3 is 11.9 Å². The molecule has 1 heterocycles. The first-order valence-corrected chi connectivity index (χ1v) is 25.8. The highest BCUT2D eigenvalue weighted by molar-refractivity contribution is 7.85. The number of hydrogen-bond acceptors (Lipinski definition) is 11. The lowest BCUT2D eigenvalue weighted by atomic mass is 10.00. The largest absolute Gasteiger partial charge is 0.462 e. The molecule has 1 saturated heterocycles. The molecule has 360 valence electrons. The number of rotatable bonds is 40. The van der Waals surface area contributed by atoms with Crippen LogP contribution in [0.25, 0.3) is 0 Å². The van der Waals surface area contributed by atoms with Gasteiger partial charge in [0.05, 0.1) is 6.61 Å². The molecule has 0 bridgehead atoms. The highest BCUT2D eigenvalue weighted by Gasteiger charge is 2.46. The zero-order valence-corrected chi connectivity index (χ0v) is 39.3. The van der Waals surface area contributed by atoms with Crippen molar-refractivity contribution in [3.8, 4) is 0 Å². The van der Waals surface area contributed by atoms with E-state index in [1.807, 2.05) is 6.08 Å². The maximum Gasteiger partial charge on any atom is 0.306 e. The van der Waals surface area contributed by atoms with Gasteiger partial charge in [-0.3, -0.25) is 14.1 Å². The van der Waals surface area contributed by atoms with Gasteiger partial charge in [-0.05, 0) is 70.6 Å². The van der Waals surface area contributed by atoms with Crippen molar-refractivity contribution in [3.05, 3.63) is 48.6 Å². The summed E-state index contributed by atoms with van der Waals surface area (Å²) in [5.74, 6) is -2.05. The molecule has 0 aromatic carbocycles. The predicted molar refractivity (Wildman–Crippen MR) is 247 cm³/mol. The summed E-state index contributed by atoms with van der Waals surface area (Å²) in [4.78, 5) is 25.4. The third-order valence-electron chi connectivity index (χ3n) is 10.9. The van der Waals surface area contributed by atoms with Gasteiger partial charge in [0.15, 0.2) is 12.4 Å². The first-order valence-electron chi connectivity index (χ1n) is 24.2. The van der Waals surface area contributed by atoms with E-state index in [1.165, 1.54) is 96.3 Å². The minimum atomic E-state index is -4.61. The third-order valence-corrected chi connectivity index (χ3v) is 11.6. The average Bonchev–Trinajstić information content (AvgIpc) is 3.24. The van der Waals surface area contributed by atoms with Crippen molar-refractivity contribution < 1.29 is 56.8 Å². The molecular weight excluding hydrogens is 813 g/mol. The molecule has 13 heteroatoms. The molecule has 0 aromatic heterocycles. The number of ether oxygens (including phenoxy) is 4. The molecule has 4 N–H and O–H groups in total. The number of esters is 2. The monoisotopic (exact) mass is 899 g/mol. The average molecular weight is 899 g/mol.